The fraction of sp³-hybridized carbons (Fsp3) is 0.440. The fourth-order valence-corrected chi connectivity index (χ4v) is 4.12. The molecule has 1 nitrogen and oxygen atoms in total. The van der Waals surface area contributed by atoms with Crippen LogP contribution < -0.4 is 0 Å². The van der Waals surface area contributed by atoms with Crippen molar-refractivity contribution in [3.63, 3.8) is 0 Å². The van der Waals surface area contributed by atoms with Crippen LogP contribution in [0.15, 0.2) is 47.4 Å². The molecule has 1 fully saturated rings. The maximum atomic E-state index is 6.46. The number of ether oxygens (including phenoxy) is 1. The first kappa shape index (κ1) is 24.6. The number of rotatable bonds is 4. The topological polar surface area (TPSA) is 9.23 Å². The zero-order valence-electron chi connectivity index (χ0n) is 17.7. The molecule has 0 unspecified atom stereocenters. The summed E-state index contributed by atoms with van der Waals surface area (Å²) in [5.41, 5.74) is 3.73. The fourth-order valence-electron chi connectivity index (χ4n) is 3.53. The van der Waals surface area contributed by atoms with E-state index in [-0.39, 0.29) is 6.10 Å². The van der Waals surface area contributed by atoms with Crippen LogP contribution in [-0.4, -0.2) is 12.4 Å². The van der Waals surface area contributed by atoms with Gasteiger partial charge in [-0.15, -0.1) is 24.6 Å². The summed E-state index contributed by atoms with van der Waals surface area (Å²) in [4.78, 5) is 1.29. The molecule has 3 atom stereocenters. The predicted molar refractivity (Wildman–Crippen MR) is 125 cm³/mol. The third kappa shape index (κ3) is 7.21. The molecule has 0 radical (unpaired) electrons. The zero-order chi connectivity index (χ0) is 21.1. The lowest BCUT2D eigenvalue weighted by Crippen LogP contribution is -2.24. The minimum absolute atomic E-state index is 0.193. The van der Waals surface area contributed by atoms with Crippen molar-refractivity contribution in [3.8, 4) is 12.8 Å². The van der Waals surface area contributed by atoms with Gasteiger partial charge < -0.3 is 4.74 Å². The van der Waals surface area contributed by atoms with E-state index in [0.717, 1.165) is 24.3 Å². The Labute approximate surface area is 181 Å². The highest BCUT2D eigenvalue weighted by atomic mass is 35.5. The molecule has 0 aliphatic carbocycles. The van der Waals surface area contributed by atoms with Crippen LogP contribution in [0.5, 0.6) is 0 Å². The number of benzene rings is 2. The first-order chi connectivity index (χ1) is 13.5. The van der Waals surface area contributed by atoms with Crippen molar-refractivity contribution in [3.05, 3.63) is 64.2 Å². The van der Waals surface area contributed by atoms with Gasteiger partial charge in [-0.2, -0.15) is 0 Å². The second kappa shape index (κ2) is 12.9. The van der Waals surface area contributed by atoms with Crippen molar-refractivity contribution in [2.45, 2.75) is 64.1 Å². The molecule has 0 spiro atoms. The Bertz CT molecular complexity index is 713. The van der Waals surface area contributed by atoms with Gasteiger partial charge in [0.1, 0.15) is 0 Å². The molecule has 1 heterocycles. The molecule has 0 N–H and O–H groups in total. The van der Waals surface area contributed by atoms with Crippen molar-refractivity contribution >= 4 is 23.4 Å². The lowest BCUT2D eigenvalue weighted by atomic mass is 9.89. The molecular weight excluding hydrogens is 384 g/mol. The second-order valence-corrected chi connectivity index (χ2v) is 8.17. The van der Waals surface area contributed by atoms with Gasteiger partial charge in [0.2, 0.25) is 0 Å². The molecule has 0 saturated carbocycles. The van der Waals surface area contributed by atoms with Gasteiger partial charge in [0, 0.05) is 9.92 Å². The molecule has 1 aliphatic heterocycles. The van der Waals surface area contributed by atoms with Gasteiger partial charge in [0.05, 0.1) is 12.2 Å². The van der Waals surface area contributed by atoms with E-state index < -0.39 is 0 Å². The van der Waals surface area contributed by atoms with Gasteiger partial charge in [-0.25, -0.2) is 0 Å². The number of hydrogen-bond donors (Lipinski definition) is 0. The van der Waals surface area contributed by atoms with E-state index in [2.05, 4.69) is 69.3 Å². The summed E-state index contributed by atoms with van der Waals surface area (Å²) in [5.74, 6) is 0.706. The van der Waals surface area contributed by atoms with Crippen LogP contribution >= 0.6 is 23.4 Å². The number of thioether (sulfide) groups is 1. The molecule has 0 bridgehead atoms. The normalized spacial score (nSPS) is 20.9. The summed E-state index contributed by atoms with van der Waals surface area (Å²) >= 11 is 8.22. The van der Waals surface area contributed by atoms with Crippen molar-refractivity contribution in [2.24, 2.45) is 5.92 Å². The SMILES string of the molecule is C#C.CC.CSc1ccc(Cc2cc([C@H]3C[C@@H](C)C[C@@H](C)O3)ccc2Cl)cc1. The molecule has 2 aromatic carbocycles. The molecule has 0 aromatic heterocycles. The summed E-state index contributed by atoms with van der Waals surface area (Å²) in [5, 5.41) is 0.838. The molecule has 1 aliphatic rings. The second-order valence-electron chi connectivity index (χ2n) is 6.89. The summed E-state index contributed by atoms with van der Waals surface area (Å²) in [6, 6.07) is 15.1. The van der Waals surface area contributed by atoms with Gasteiger partial charge in [-0.05, 0) is 73.2 Å². The van der Waals surface area contributed by atoms with Crippen LogP contribution in [-0.2, 0) is 11.2 Å². The summed E-state index contributed by atoms with van der Waals surface area (Å²) in [6.07, 6.45) is 13.7. The van der Waals surface area contributed by atoms with Crippen molar-refractivity contribution in [1.82, 2.24) is 0 Å². The van der Waals surface area contributed by atoms with E-state index in [0.29, 0.717) is 12.0 Å². The predicted octanol–water partition coefficient (Wildman–Crippen LogP) is 7.80. The molecule has 28 heavy (non-hydrogen) atoms. The van der Waals surface area contributed by atoms with Crippen LogP contribution in [0.2, 0.25) is 5.02 Å². The van der Waals surface area contributed by atoms with Crippen LogP contribution in [0.3, 0.4) is 0 Å². The Morgan fingerprint density at radius 3 is 2.25 bits per heavy atom. The highest BCUT2D eigenvalue weighted by Crippen LogP contribution is 2.36. The highest BCUT2D eigenvalue weighted by Gasteiger charge is 2.26. The van der Waals surface area contributed by atoms with Gasteiger partial charge in [0.25, 0.3) is 0 Å². The van der Waals surface area contributed by atoms with Gasteiger partial charge >= 0.3 is 0 Å². The molecule has 1 saturated heterocycles. The third-order valence-electron chi connectivity index (χ3n) is 4.74. The van der Waals surface area contributed by atoms with Crippen molar-refractivity contribution in [2.75, 3.05) is 6.26 Å². The monoisotopic (exact) mass is 416 g/mol. The first-order valence-electron chi connectivity index (χ1n) is 9.95. The van der Waals surface area contributed by atoms with E-state index >= 15 is 0 Å². The van der Waals surface area contributed by atoms with Gasteiger partial charge in [0.15, 0.2) is 0 Å². The average molecular weight is 417 g/mol. The van der Waals surface area contributed by atoms with Gasteiger partial charge in [-0.3, -0.25) is 0 Å². The maximum absolute atomic E-state index is 6.46. The van der Waals surface area contributed by atoms with Crippen LogP contribution in [0, 0.1) is 18.8 Å². The van der Waals surface area contributed by atoms with E-state index in [9.17, 15) is 0 Å². The van der Waals surface area contributed by atoms with Crippen molar-refractivity contribution < 1.29 is 4.74 Å². The smallest absolute Gasteiger partial charge is 0.0831 e. The Balaban J connectivity index is 0.000000921. The molecule has 152 valence electrons. The highest BCUT2D eigenvalue weighted by molar-refractivity contribution is 7.98. The first-order valence-corrected chi connectivity index (χ1v) is 11.6. The van der Waals surface area contributed by atoms with E-state index in [1.165, 1.54) is 21.6 Å². The Hall–Kier alpha value is -1.40. The van der Waals surface area contributed by atoms with Crippen molar-refractivity contribution in [1.29, 1.82) is 0 Å². The minimum Gasteiger partial charge on any atom is -0.371 e. The molecule has 2 aromatic rings. The Morgan fingerprint density at radius 1 is 1.04 bits per heavy atom. The van der Waals surface area contributed by atoms with Crippen LogP contribution in [0.4, 0.5) is 0 Å². The largest absolute Gasteiger partial charge is 0.371 e. The Morgan fingerprint density at radius 2 is 1.68 bits per heavy atom. The quantitative estimate of drug-likeness (QED) is 0.371. The average Bonchev–Trinajstić information content (AvgIpc) is 2.72. The molecular formula is C25H33ClOS. The van der Waals surface area contributed by atoms with Crippen LogP contribution in [0.1, 0.15) is 63.3 Å². The van der Waals surface area contributed by atoms with E-state index in [1.807, 2.05) is 19.9 Å². The lowest BCUT2D eigenvalue weighted by Gasteiger charge is -2.32. The standard InChI is InChI=1S/C21H25ClOS.C2H6.C2H2/c1-14-10-15(2)23-21(11-14)17-6-9-20(22)18(13-17)12-16-4-7-19(24-3)8-5-16;2*1-2/h4-9,13-15,21H,10-12H2,1-3H3;1-2H3;1-2H/t14-,15+,21+;;/m0../s1. The van der Waals surface area contributed by atoms with E-state index in [4.69, 9.17) is 16.3 Å². The van der Waals surface area contributed by atoms with Crippen LogP contribution in [0.25, 0.3) is 0 Å². The number of terminal acetylenes is 1. The third-order valence-corrected chi connectivity index (χ3v) is 5.85. The zero-order valence-corrected chi connectivity index (χ0v) is 19.3. The number of halogens is 1. The molecule has 3 heteroatoms. The molecule has 0 amide bonds. The lowest BCUT2D eigenvalue weighted by molar-refractivity contribution is -0.0604. The summed E-state index contributed by atoms with van der Waals surface area (Å²) in [7, 11) is 0. The van der Waals surface area contributed by atoms with Gasteiger partial charge in [-0.1, -0.05) is 56.6 Å². The maximum Gasteiger partial charge on any atom is 0.0831 e. The Kier molecular flexibility index (Phi) is 11.4. The minimum atomic E-state index is 0.193. The summed E-state index contributed by atoms with van der Waals surface area (Å²) in [6.45, 7) is 8.49. The summed E-state index contributed by atoms with van der Waals surface area (Å²) < 4.78 is 6.17. The van der Waals surface area contributed by atoms with E-state index in [1.54, 1.807) is 11.8 Å². The molecule has 3 rings (SSSR count). The number of hydrogen-bond acceptors (Lipinski definition) is 2.